The molecule has 9 aromatic carbocycles. The van der Waals surface area contributed by atoms with Gasteiger partial charge in [-0.2, -0.15) is 24.8 Å². The van der Waals surface area contributed by atoms with E-state index in [1.807, 2.05) is 85.5 Å². The molecule has 394 valence electrons. The summed E-state index contributed by atoms with van der Waals surface area (Å²) in [7, 11) is -3.78. The number of hydrogen-bond donors (Lipinski definition) is 0. The zero-order chi connectivity index (χ0) is 53.1. The fourth-order valence-electron chi connectivity index (χ4n) is 8.87. The predicted molar refractivity (Wildman–Crippen MR) is 346 cm³/mol. The van der Waals surface area contributed by atoms with Crippen LogP contribution >= 0.6 is 31.7 Å². The van der Waals surface area contributed by atoms with E-state index in [1.165, 1.54) is 64.2 Å². The van der Waals surface area contributed by atoms with Gasteiger partial charge in [-0.05, 0) is 121 Å². The molecule has 4 nitrogen and oxygen atoms in total. The van der Waals surface area contributed by atoms with Gasteiger partial charge in [-0.1, -0.05) is 206 Å². The standard InChI is InChI=1S/4C16H13NP.C6H6.Hf.Ni/c4*1-3-8-14(9-4-1)18(16-12-7-13-17-16)15-10-5-2-6-11-15;1-2-4-6-5-3-1;;/h4*1-13H;1-6H;;/q4*-1;;;+2/p+4. The van der Waals surface area contributed by atoms with Crippen molar-refractivity contribution in [1.82, 2.24) is 19.9 Å². The molecule has 0 aliphatic carbocycles. The van der Waals surface area contributed by atoms with E-state index in [1.54, 1.807) is 0 Å². The van der Waals surface area contributed by atoms with Crippen molar-refractivity contribution in [3.8, 4) is 0 Å². The maximum atomic E-state index is 4.51. The van der Waals surface area contributed by atoms with Crippen LogP contribution < -0.4 is 84.1 Å². The molecule has 0 bridgehead atoms. The van der Waals surface area contributed by atoms with Crippen LogP contribution in [0.25, 0.3) is 0 Å². The van der Waals surface area contributed by atoms with Gasteiger partial charge in [0.2, 0.25) is 0 Å². The molecule has 80 heavy (non-hydrogen) atoms. The molecule has 13 aromatic rings. The van der Waals surface area contributed by atoms with Crippen LogP contribution in [0.3, 0.4) is 0 Å². The van der Waals surface area contributed by atoms with Gasteiger partial charge in [0, 0.05) is 47.6 Å². The molecular weight excluding hydrogens is 1260 g/mol. The fourth-order valence-corrected chi connectivity index (χ4v) is 18.6. The fraction of sp³-hybridized carbons (Fsp3) is 0. The van der Waals surface area contributed by atoms with Crippen molar-refractivity contribution in [3.63, 3.8) is 0 Å². The van der Waals surface area contributed by atoms with E-state index in [9.17, 15) is 0 Å². The van der Waals surface area contributed by atoms with Crippen molar-refractivity contribution in [2.24, 2.45) is 0 Å². The summed E-state index contributed by atoms with van der Waals surface area (Å²) in [5.74, 6) is 0. The van der Waals surface area contributed by atoms with E-state index in [0.29, 0.717) is 0 Å². The first-order chi connectivity index (χ1) is 38.8. The van der Waals surface area contributed by atoms with E-state index < -0.39 is 31.7 Å². The Hall–Kier alpha value is -6.82. The Labute approximate surface area is 506 Å². The molecule has 4 heterocycles. The molecule has 0 aliphatic heterocycles. The molecular formula is C70H62HfN4NiP4+2. The summed E-state index contributed by atoms with van der Waals surface area (Å²) in [5.41, 5.74) is 4.82. The van der Waals surface area contributed by atoms with Gasteiger partial charge in [0.25, 0.3) is 0 Å². The third-order valence-corrected chi connectivity index (χ3v) is 22.9. The summed E-state index contributed by atoms with van der Waals surface area (Å²) < 4.78 is 0. The molecule has 0 radical (unpaired) electrons. The maximum absolute atomic E-state index is 4.51. The van der Waals surface area contributed by atoms with Gasteiger partial charge in [0.15, 0.2) is 0 Å². The second kappa shape index (κ2) is 34.4. The minimum atomic E-state index is -0.945. The van der Waals surface area contributed by atoms with Crippen molar-refractivity contribution in [2.45, 2.75) is 0 Å². The summed E-state index contributed by atoms with van der Waals surface area (Å²) in [4.78, 5) is 18.1. The molecule has 0 amide bonds. The summed E-state index contributed by atoms with van der Waals surface area (Å²) in [5, 5.41) is 11.1. The van der Waals surface area contributed by atoms with Crippen molar-refractivity contribution in [2.75, 3.05) is 0 Å². The normalized spacial score (nSPS) is 10.2. The average Bonchev–Trinajstić information content (AvgIpc) is 4.42. The summed E-state index contributed by atoms with van der Waals surface area (Å²) in [6.45, 7) is 0. The van der Waals surface area contributed by atoms with Crippen LogP contribution in [0.15, 0.2) is 352 Å². The van der Waals surface area contributed by atoms with Crippen LogP contribution in [0.2, 0.25) is 0 Å². The Kier molecular flexibility index (Phi) is 26.1. The van der Waals surface area contributed by atoms with Gasteiger partial charge in [-0.25, -0.2) is 0 Å². The van der Waals surface area contributed by atoms with E-state index in [2.05, 4.69) is 287 Å². The Morgan fingerprint density at radius 2 is 0.287 bits per heavy atom. The van der Waals surface area contributed by atoms with Crippen molar-refractivity contribution >= 4 is 95.9 Å². The second-order valence-corrected chi connectivity index (χ2v) is 27.3. The van der Waals surface area contributed by atoms with Gasteiger partial charge < -0.3 is 19.9 Å². The molecule has 0 fully saturated rings. The zero-order valence-corrected chi connectivity index (χ0v) is 52.7. The molecule has 0 spiro atoms. The van der Waals surface area contributed by atoms with Crippen LogP contribution in [0.4, 0.5) is 0 Å². The summed E-state index contributed by atoms with van der Waals surface area (Å²) in [6.07, 6.45) is 7.52. The maximum Gasteiger partial charge on any atom is 2.00 e. The molecule has 0 N–H and O–H groups in total. The zero-order valence-electron chi connectivity index (χ0n) is 44.1. The third-order valence-electron chi connectivity index (χ3n) is 12.4. The molecule has 0 saturated heterocycles. The van der Waals surface area contributed by atoms with Gasteiger partial charge in [-0.3, -0.25) is 0 Å². The van der Waals surface area contributed by atoms with E-state index in [-0.39, 0.29) is 42.3 Å². The number of hydrogen-bond acceptors (Lipinski definition) is 0. The number of aromatic nitrogens is 4. The third kappa shape index (κ3) is 18.1. The summed E-state index contributed by atoms with van der Waals surface area (Å²) in [6, 6.07) is 114. The SMILES string of the molecule is [Hf].[Ni+2].c1ccc([PH+](c2ccccc2)c2ccc[n-]2)cc1.c1ccc([PH+](c2ccccc2)c2ccc[n-]2)cc1.c1ccc([PH+](c2ccccc2)c2ccc[n-]2)cc1.c1ccc([PH+](c2ccccc2)c2ccc[n-]2)cc1.c1ccccc1. The largest absolute Gasteiger partial charge is 2.00 e. The van der Waals surface area contributed by atoms with E-state index in [4.69, 9.17) is 0 Å². The first-order valence-electron chi connectivity index (χ1n) is 26.0. The molecule has 0 aliphatic rings. The Balaban J connectivity index is 0.000000147. The van der Waals surface area contributed by atoms with Crippen LogP contribution in [-0.4, -0.2) is 0 Å². The van der Waals surface area contributed by atoms with Crippen LogP contribution in [-0.2, 0) is 42.3 Å². The second-order valence-electron chi connectivity index (χ2n) is 17.7. The molecule has 4 aromatic heterocycles. The van der Waals surface area contributed by atoms with E-state index in [0.717, 1.165) is 0 Å². The summed E-state index contributed by atoms with van der Waals surface area (Å²) >= 11 is 0. The van der Waals surface area contributed by atoms with Crippen molar-refractivity contribution in [1.29, 1.82) is 0 Å². The van der Waals surface area contributed by atoms with Gasteiger partial charge in [-0.15, -0.1) is 0 Å². The van der Waals surface area contributed by atoms with Crippen molar-refractivity contribution < 1.29 is 42.3 Å². The minimum Gasteiger partial charge on any atom is -0.633 e. The first-order valence-corrected chi connectivity index (χ1v) is 32.0. The molecule has 13 rings (SSSR count). The quantitative estimate of drug-likeness (QED) is 0.0904. The first kappa shape index (κ1) is 60.8. The van der Waals surface area contributed by atoms with Crippen LogP contribution in [0.1, 0.15) is 0 Å². The molecule has 0 unspecified atom stereocenters. The molecule has 0 saturated carbocycles. The molecule has 10 heteroatoms. The predicted octanol–water partition coefficient (Wildman–Crippen LogP) is 10.2. The number of rotatable bonds is 12. The average molecular weight is 1320 g/mol. The van der Waals surface area contributed by atoms with Crippen molar-refractivity contribution in [3.05, 3.63) is 352 Å². The topological polar surface area (TPSA) is 56.4 Å². The van der Waals surface area contributed by atoms with Gasteiger partial charge >= 0.3 is 16.5 Å². The number of nitrogens with zero attached hydrogens (tertiary/aromatic N) is 4. The Morgan fingerprint density at radius 1 is 0.163 bits per heavy atom. The van der Waals surface area contributed by atoms with E-state index >= 15 is 0 Å². The van der Waals surface area contributed by atoms with Gasteiger partial charge in [0.05, 0.1) is 74.1 Å². The minimum absolute atomic E-state index is 0. The monoisotopic (exact) mass is 1320 g/mol. The Bertz CT molecular complexity index is 2900. The molecule has 0 atom stereocenters. The smallest absolute Gasteiger partial charge is 0.633 e. The van der Waals surface area contributed by atoms with Crippen LogP contribution in [0, 0.1) is 0 Å². The number of benzene rings is 9. The Morgan fingerprint density at radius 3 is 0.400 bits per heavy atom. The van der Waals surface area contributed by atoms with Gasteiger partial charge in [0.1, 0.15) is 0 Å². The van der Waals surface area contributed by atoms with Crippen LogP contribution in [0.5, 0.6) is 0 Å².